The first kappa shape index (κ1) is 15.2. The Balaban J connectivity index is 1.93. The summed E-state index contributed by atoms with van der Waals surface area (Å²) in [5, 5.41) is 3.51. The highest BCUT2D eigenvalue weighted by Gasteiger charge is 1.99. The van der Waals surface area contributed by atoms with E-state index in [1.54, 1.807) is 0 Å². The number of hydrogen-bond donors (Lipinski definition) is 1. The highest BCUT2D eigenvalue weighted by atomic mass is 16.5. The zero-order chi connectivity index (χ0) is 13.1. The molecule has 1 rings (SSSR count). The van der Waals surface area contributed by atoms with Crippen LogP contribution in [0.25, 0.3) is 0 Å². The van der Waals surface area contributed by atoms with Gasteiger partial charge in [0.15, 0.2) is 0 Å². The van der Waals surface area contributed by atoms with Gasteiger partial charge in [0.05, 0.1) is 6.61 Å². The second-order valence-corrected chi connectivity index (χ2v) is 4.89. The molecule has 102 valence electrons. The van der Waals surface area contributed by atoms with Gasteiger partial charge in [0.25, 0.3) is 0 Å². The Labute approximate surface area is 112 Å². The Hall–Kier alpha value is -0.860. The number of unbranched alkanes of at least 4 members (excludes halogenated alkanes) is 1. The average molecular weight is 249 g/mol. The van der Waals surface area contributed by atoms with Crippen molar-refractivity contribution < 1.29 is 4.74 Å². The molecule has 1 atom stereocenters. The largest absolute Gasteiger partial charge is 0.377 e. The average Bonchev–Trinajstić information content (AvgIpc) is 2.41. The minimum atomic E-state index is 0.638. The number of ether oxygens (including phenoxy) is 1. The summed E-state index contributed by atoms with van der Waals surface area (Å²) >= 11 is 0. The lowest BCUT2D eigenvalue weighted by Crippen LogP contribution is -2.26. The van der Waals surface area contributed by atoms with Crippen LogP contribution in [0.4, 0.5) is 0 Å². The third-order valence-electron chi connectivity index (χ3n) is 3.03. The van der Waals surface area contributed by atoms with Crippen LogP contribution in [-0.2, 0) is 11.3 Å². The van der Waals surface area contributed by atoms with Crippen LogP contribution in [0.5, 0.6) is 0 Å². The van der Waals surface area contributed by atoms with E-state index in [9.17, 15) is 0 Å². The maximum absolute atomic E-state index is 5.66. The molecule has 1 aromatic carbocycles. The van der Waals surface area contributed by atoms with E-state index in [1.807, 2.05) is 6.07 Å². The molecule has 0 spiro atoms. The van der Waals surface area contributed by atoms with Gasteiger partial charge >= 0.3 is 0 Å². The van der Waals surface area contributed by atoms with E-state index in [4.69, 9.17) is 4.74 Å². The molecule has 0 aliphatic carbocycles. The first-order valence-electron chi connectivity index (χ1n) is 7.18. The fraction of sp³-hybridized carbons (Fsp3) is 0.625. The van der Waals surface area contributed by atoms with Crippen molar-refractivity contribution in [2.75, 3.05) is 13.2 Å². The molecule has 0 bridgehead atoms. The summed E-state index contributed by atoms with van der Waals surface area (Å²) in [5.74, 6) is 0. The lowest BCUT2D eigenvalue weighted by atomic mass is 10.1. The van der Waals surface area contributed by atoms with Crippen LogP contribution >= 0.6 is 0 Å². The SMILES string of the molecule is CCCNC(C)CCCCOCc1ccccc1. The molecule has 0 aliphatic heterocycles. The van der Waals surface area contributed by atoms with Crippen molar-refractivity contribution in [3.63, 3.8) is 0 Å². The van der Waals surface area contributed by atoms with E-state index >= 15 is 0 Å². The molecule has 0 aliphatic rings. The Kier molecular flexibility index (Phi) is 8.53. The summed E-state index contributed by atoms with van der Waals surface area (Å²) in [7, 11) is 0. The Morgan fingerprint density at radius 3 is 2.67 bits per heavy atom. The van der Waals surface area contributed by atoms with Crippen LogP contribution in [0.15, 0.2) is 30.3 Å². The maximum Gasteiger partial charge on any atom is 0.0716 e. The third kappa shape index (κ3) is 7.46. The lowest BCUT2D eigenvalue weighted by Gasteiger charge is -2.12. The molecule has 2 heteroatoms. The fourth-order valence-corrected chi connectivity index (χ4v) is 1.91. The van der Waals surface area contributed by atoms with E-state index < -0.39 is 0 Å². The first-order chi connectivity index (χ1) is 8.83. The molecule has 18 heavy (non-hydrogen) atoms. The van der Waals surface area contributed by atoms with Crippen LogP contribution in [0, 0.1) is 0 Å². The van der Waals surface area contributed by atoms with Gasteiger partial charge in [-0.15, -0.1) is 0 Å². The number of benzene rings is 1. The molecule has 0 aromatic heterocycles. The molecule has 2 nitrogen and oxygen atoms in total. The minimum Gasteiger partial charge on any atom is -0.377 e. The van der Waals surface area contributed by atoms with E-state index in [1.165, 1.54) is 24.8 Å². The Morgan fingerprint density at radius 2 is 1.94 bits per heavy atom. The summed E-state index contributed by atoms with van der Waals surface area (Å²) in [5.41, 5.74) is 1.26. The molecule has 0 fully saturated rings. The maximum atomic E-state index is 5.66. The standard InChI is InChI=1S/C16H27NO/c1-3-12-17-15(2)9-7-8-13-18-14-16-10-5-4-6-11-16/h4-6,10-11,15,17H,3,7-9,12-14H2,1-2H3. The van der Waals surface area contributed by atoms with Gasteiger partial charge < -0.3 is 10.1 Å². The predicted octanol–water partition coefficient (Wildman–Crippen LogP) is 3.76. The van der Waals surface area contributed by atoms with Gasteiger partial charge in [0.2, 0.25) is 0 Å². The molecule has 1 unspecified atom stereocenters. The van der Waals surface area contributed by atoms with Gasteiger partial charge in [0, 0.05) is 12.6 Å². The summed E-state index contributed by atoms with van der Waals surface area (Å²) in [6.07, 6.45) is 4.86. The van der Waals surface area contributed by atoms with Gasteiger partial charge in [-0.25, -0.2) is 0 Å². The zero-order valence-electron chi connectivity index (χ0n) is 11.8. The van der Waals surface area contributed by atoms with Crippen LogP contribution < -0.4 is 5.32 Å². The highest BCUT2D eigenvalue weighted by molar-refractivity contribution is 5.13. The molecule has 0 saturated heterocycles. The molecular formula is C16H27NO. The van der Waals surface area contributed by atoms with Crippen LogP contribution in [0.1, 0.15) is 45.1 Å². The summed E-state index contributed by atoms with van der Waals surface area (Å²) in [4.78, 5) is 0. The topological polar surface area (TPSA) is 21.3 Å². The monoisotopic (exact) mass is 249 g/mol. The van der Waals surface area contributed by atoms with Crippen molar-refractivity contribution in [2.45, 2.75) is 52.2 Å². The molecule has 0 amide bonds. The van der Waals surface area contributed by atoms with Crippen molar-refractivity contribution in [2.24, 2.45) is 0 Å². The van der Waals surface area contributed by atoms with Crippen LogP contribution in [0.3, 0.4) is 0 Å². The second-order valence-electron chi connectivity index (χ2n) is 4.89. The van der Waals surface area contributed by atoms with E-state index in [0.717, 1.165) is 26.2 Å². The molecule has 0 heterocycles. The Morgan fingerprint density at radius 1 is 1.17 bits per heavy atom. The first-order valence-corrected chi connectivity index (χ1v) is 7.18. The third-order valence-corrected chi connectivity index (χ3v) is 3.03. The lowest BCUT2D eigenvalue weighted by molar-refractivity contribution is 0.116. The molecule has 0 saturated carbocycles. The van der Waals surface area contributed by atoms with Gasteiger partial charge in [-0.05, 0) is 44.7 Å². The summed E-state index contributed by atoms with van der Waals surface area (Å²) < 4.78 is 5.66. The van der Waals surface area contributed by atoms with Crippen molar-refractivity contribution in [1.29, 1.82) is 0 Å². The Bertz CT molecular complexity index is 286. The van der Waals surface area contributed by atoms with Gasteiger partial charge in [-0.1, -0.05) is 37.3 Å². The number of hydrogen-bond acceptors (Lipinski definition) is 2. The van der Waals surface area contributed by atoms with Gasteiger partial charge in [0.1, 0.15) is 0 Å². The predicted molar refractivity (Wildman–Crippen MR) is 77.7 cm³/mol. The van der Waals surface area contributed by atoms with Crippen molar-refractivity contribution in [1.82, 2.24) is 5.32 Å². The smallest absolute Gasteiger partial charge is 0.0716 e. The highest BCUT2D eigenvalue weighted by Crippen LogP contribution is 2.04. The molecule has 1 N–H and O–H groups in total. The number of nitrogens with one attached hydrogen (secondary N) is 1. The van der Waals surface area contributed by atoms with Crippen molar-refractivity contribution in [3.05, 3.63) is 35.9 Å². The summed E-state index contributed by atoms with van der Waals surface area (Å²) in [6, 6.07) is 11.0. The summed E-state index contributed by atoms with van der Waals surface area (Å²) in [6.45, 7) is 7.21. The van der Waals surface area contributed by atoms with Crippen LogP contribution in [-0.4, -0.2) is 19.2 Å². The minimum absolute atomic E-state index is 0.638. The number of rotatable bonds is 10. The van der Waals surface area contributed by atoms with Crippen molar-refractivity contribution in [3.8, 4) is 0 Å². The quantitative estimate of drug-likeness (QED) is 0.637. The van der Waals surface area contributed by atoms with Gasteiger partial charge in [-0.3, -0.25) is 0 Å². The van der Waals surface area contributed by atoms with Gasteiger partial charge in [-0.2, -0.15) is 0 Å². The molecule has 1 aromatic rings. The van der Waals surface area contributed by atoms with E-state index in [-0.39, 0.29) is 0 Å². The fourth-order valence-electron chi connectivity index (χ4n) is 1.91. The second kappa shape index (κ2) is 10.1. The normalized spacial score (nSPS) is 12.6. The van der Waals surface area contributed by atoms with E-state index in [2.05, 4.69) is 43.4 Å². The molecule has 0 radical (unpaired) electrons. The zero-order valence-corrected chi connectivity index (χ0v) is 11.8. The van der Waals surface area contributed by atoms with Crippen molar-refractivity contribution >= 4 is 0 Å². The van der Waals surface area contributed by atoms with E-state index in [0.29, 0.717) is 6.04 Å². The molecular weight excluding hydrogens is 222 g/mol. The van der Waals surface area contributed by atoms with Crippen LogP contribution in [0.2, 0.25) is 0 Å².